The van der Waals surface area contributed by atoms with Gasteiger partial charge in [0.1, 0.15) is 5.75 Å². The van der Waals surface area contributed by atoms with Crippen molar-refractivity contribution in [1.82, 2.24) is 0 Å². The first-order valence-electron chi connectivity index (χ1n) is 7.45. The predicted octanol–water partition coefficient (Wildman–Crippen LogP) is 3.63. The number of hydrogen-bond donors (Lipinski definition) is 0. The number of amides is 2. The Labute approximate surface area is 155 Å². The molecule has 1 aromatic rings. The van der Waals surface area contributed by atoms with Crippen molar-refractivity contribution in [2.45, 2.75) is 16.1 Å². The van der Waals surface area contributed by atoms with Gasteiger partial charge in [0.15, 0.2) is 0 Å². The van der Waals surface area contributed by atoms with Crippen molar-refractivity contribution in [2.24, 2.45) is 23.7 Å². The third-order valence-corrected chi connectivity index (χ3v) is 8.81. The minimum Gasteiger partial charge on any atom is -0.495 e. The molecule has 0 N–H and O–H groups in total. The number of ether oxygens (including phenoxy) is 1. The second-order valence-electron chi connectivity index (χ2n) is 6.33. The van der Waals surface area contributed by atoms with Crippen LogP contribution in [0.3, 0.4) is 0 Å². The average molecular weight is 464 g/mol. The summed E-state index contributed by atoms with van der Waals surface area (Å²) in [5.74, 6) is 0.133. The smallest absolute Gasteiger partial charge is 0.238 e. The first kappa shape index (κ1) is 15.9. The molecule has 1 saturated heterocycles. The van der Waals surface area contributed by atoms with E-state index in [0.29, 0.717) is 16.5 Å². The van der Waals surface area contributed by atoms with Crippen molar-refractivity contribution in [2.75, 3.05) is 12.0 Å². The van der Waals surface area contributed by atoms with Crippen LogP contribution in [-0.2, 0) is 9.59 Å². The van der Waals surface area contributed by atoms with Crippen LogP contribution < -0.4 is 9.64 Å². The van der Waals surface area contributed by atoms with E-state index in [1.54, 1.807) is 18.2 Å². The number of alkyl halides is 2. The summed E-state index contributed by atoms with van der Waals surface area (Å²) < 4.78 is 5.32. The Morgan fingerprint density at radius 1 is 1.13 bits per heavy atom. The summed E-state index contributed by atoms with van der Waals surface area (Å²) in [5, 5.41) is 0.471. The van der Waals surface area contributed by atoms with Gasteiger partial charge in [-0.2, -0.15) is 0 Å². The number of halogens is 3. The number of anilines is 1. The van der Waals surface area contributed by atoms with Gasteiger partial charge in [-0.1, -0.05) is 43.5 Å². The summed E-state index contributed by atoms with van der Waals surface area (Å²) in [6.07, 6.45) is 0.916. The van der Waals surface area contributed by atoms with E-state index >= 15 is 0 Å². The van der Waals surface area contributed by atoms with Gasteiger partial charge < -0.3 is 4.74 Å². The molecule has 3 fully saturated rings. The lowest BCUT2D eigenvalue weighted by Gasteiger charge is -2.28. The number of fused-ring (bicyclic) bond motifs is 5. The van der Waals surface area contributed by atoms with Gasteiger partial charge in [-0.25, -0.2) is 4.90 Å². The van der Waals surface area contributed by atoms with Crippen LogP contribution in [0.4, 0.5) is 5.69 Å². The number of benzene rings is 1. The predicted molar refractivity (Wildman–Crippen MR) is 94.5 cm³/mol. The fraction of sp³-hybridized carbons (Fsp3) is 0.500. The molecule has 1 aromatic carbocycles. The fourth-order valence-corrected chi connectivity index (χ4v) is 6.46. The minimum absolute atomic E-state index is 0.128. The van der Waals surface area contributed by atoms with E-state index in [1.807, 2.05) is 0 Å². The van der Waals surface area contributed by atoms with Crippen molar-refractivity contribution in [3.05, 3.63) is 23.2 Å². The molecular weight excluding hydrogens is 449 g/mol. The van der Waals surface area contributed by atoms with Crippen molar-refractivity contribution in [1.29, 1.82) is 0 Å². The van der Waals surface area contributed by atoms with Crippen LogP contribution in [-0.4, -0.2) is 28.6 Å². The van der Waals surface area contributed by atoms with Crippen molar-refractivity contribution >= 4 is 61.0 Å². The molecule has 0 radical (unpaired) electrons. The van der Waals surface area contributed by atoms with E-state index in [2.05, 4.69) is 31.9 Å². The van der Waals surface area contributed by atoms with Gasteiger partial charge in [0.05, 0.1) is 24.6 Å². The number of rotatable bonds is 2. The monoisotopic (exact) mass is 461 g/mol. The topological polar surface area (TPSA) is 46.6 Å². The Morgan fingerprint density at radius 2 is 1.70 bits per heavy atom. The third-order valence-electron chi connectivity index (χ3n) is 5.37. The van der Waals surface area contributed by atoms with Crippen LogP contribution >= 0.6 is 43.5 Å². The molecule has 2 aliphatic carbocycles. The van der Waals surface area contributed by atoms with Crippen molar-refractivity contribution < 1.29 is 14.3 Å². The van der Waals surface area contributed by atoms with E-state index in [9.17, 15) is 9.59 Å². The first-order valence-corrected chi connectivity index (χ1v) is 9.66. The number of carbonyl (C=O) groups is 2. The van der Waals surface area contributed by atoms with Crippen molar-refractivity contribution in [3.8, 4) is 5.75 Å². The maximum Gasteiger partial charge on any atom is 0.238 e. The summed E-state index contributed by atoms with van der Waals surface area (Å²) in [4.78, 5) is 27.7. The van der Waals surface area contributed by atoms with Gasteiger partial charge in [0, 0.05) is 14.7 Å². The van der Waals surface area contributed by atoms with E-state index in [0.717, 1.165) is 6.42 Å². The van der Waals surface area contributed by atoms with Crippen molar-refractivity contribution in [3.63, 3.8) is 0 Å². The summed E-state index contributed by atoms with van der Waals surface area (Å²) in [6.45, 7) is 0. The quantitative estimate of drug-likeness (QED) is 0.497. The van der Waals surface area contributed by atoms with Gasteiger partial charge in [-0.05, 0) is 36.5 Å². The summed E-state index contributed by atoms with van der Waals surface area (Å²) >= 11 is 13.4. The molecule has 122 valence electrons. The van der Waals surface area contributed by atoms with Crippen LogP contribution in [0, 0.1) is 23.7 Å². The lowest BCUT2D eigenvalue weighted by atomic mass is 9.81. The Hall–Kier alpha value is -0.590. The molecule has 23 heavy (non-hydrogen) atoms. The van der Waals surface area contributed by atoms with Crippen LogP contribution in [0.2, 0.25) is 5.02 Å². The maximum absolute atomic E-state index is 13.0. The Kier molecular flexibility index (Phi) is 3.78. The molecular formula is C16H14Br2ClNO3. The zero-order valence-corrected chi connectivity index (χ0v) is 16.1. The molecule has 4 rings (SSSR count). The number of nitrogens with zero attached hydrogens (tertiary/aromatic N) is 1. The molecule has 1 heterocycles. The van der Waals surface area contributed by atoms with Gasteiger partial charge in [0.2, 0.25) is 11.8 Å². The largest absolute Gasteiger partial charge is 0.495 e. The molecule has 3 aliphatic rings. The molecule has 6 atom stereocenters. The summed E-state index contributed by atoms with van der Waals surface area (Å²) in [7, 11) is 1.52. The van der Waals surface area contributed by atoms with Crippen LogP contribution in [0.25, 0.3) is 0 Å². The molecule has 0 unspecified atom stereocenters. The average Bonchev–Trinajstić information content (AvgIpc) is 3.12. The Balaban J connectivity index is 1.78. The first-order chi connectivity index (χ1) is 11.0. The van der Waals surface area contributed by atoms with E-state index < -0.39 is 0 Å². The highest BCUT2D eigenvalue weighted by Crippen LogP contribution is 2.60. The summed E-state index contributed by atoms with van der Waals surface area (Å²) in [5.41, 5.74) is 0.445. The number of carbonyl (C=O) groups excluding carboxylic acids is 2. The van der Waals surface area contributed by atoms with Gasteiger partial charge in [0.25, 0.3) is 0 Å². The second-order valence-corrected chi connectivity index (χ2v) is 8.88. The van der Waals surface area contributed by atoms with Crippen LogP contribution in [0.5, 0.6) is 5.75 Å². The maximum atomic E-state index is 13.0. The number of hydrogen-bond acceptors (Lipinski definition) is 3. The van der Waals surface area contributed by atoms with Gasteiger partial charge >= 0.3 is 0 Å². The van der Waals surface area contributed by atoms with E-state index in [-0.39, 0.29) is 45.1 Å². The molecule has 1 aliphatic heterocycles. The highest BCUT2D eigenvalue weighted by Gasteiger charge is 2.66. The van der Waals surface area contributed by atoms with Gasteiger partial charge in [-0.15, -0.1) is 0 Å². The lowest BCUT2D eigenvalue weighted by molar-refractivity contribution is -0.123. The molecule has 2 saturated carbocycles. The molecule has 7 heteroatoms. The highest BCUT2D eigenvalue weighted by atomic mass is 79.9. The standard InChI is InChI=1S/C16H14Br2ClNO3/c1-23-10-3-2-6(19)4-9(10)20-15(21)11-7-5-8(12(11)16(20)22)14(18)13(7)17/h2-4,7-8,11-14H,5H2,1H3/t7-,8+,11-,12-,13+,14+/m0/s1. The van der Waals surface area contributed by atoms with E-state index in [1.165, 1.54) is 12.0 Å². The number of imide groups is 1. The highest BCUT2D eigenvalue weighted by molar-refractivity contribution is 9.12. The molecule has 2 bridgehead atoms. The van der Waals surface area contributed by atoms with Crippen LogP contribution in [0.1, 0.15) is 6.42 Å². The summed E-state index contributed by atoms with van der Waals surface area (Å²) in [6, 6.07) is 4.99. The zero-order chi connectivity index (χ0) is 16.5. The molecule has 0 aromatic heterocycles. The Morgan fingerprint density at radius 3 is 2.22 bits per heavy atom. The van der Waals surface area contributed by atoms with Crippen LogP contribution in [0.15, 0.2) is 18.2 Å². The third kappa shape index (κ3) is 2.07. The molecule has 0 spiro atoms. The SMILES string of the molecule is COc1ccc(Cl)cc1N1C(=O)[C@H]2[C@@H]3C[C@@H]([C@@H](Br)[C@@H]3Br)[C@@H]2C1=O. The number of methoxy groups -OCH3 is 1. The normalized spacial score (nSPS) is 38.3. The molecule has 4 nitrogen and oxygen atoms in total. The van der Waals surface area contributed by atoms with Gasteiger partial charge in [-0.3, -0.25) is 9.59 Å². The zero-order valence-electron chi connectivity index (χ0n) is 12.2. The van der Waals surface area contributed by atoms with E-state index in [4.69, 9.17) is 16.3 Å². The minimum atomic E-state index is -0.241. The lowest BCUT2D eigenvalue weighted by Crippen LogP contribution is -2.37. The molecule has 2 amide bonds. The second kappa shape index (κ2) is 5.46. The Bertz CT molecular complexity index is 681. The fourth-order valence-electron chi connectivity index (χ4n) is 4.42.